The Bertz CT molecular complexity index is 436. The van der Waals surface area contributed by atoms with E-state index in [1.165, 1.54) is 0 Å². The maximum absolute atomic E-state index is 11.2. The first-order valence-corrected chi connectivity index (χ1v) is 6.49. The van der Waals surface area contributed by atoms with Gasteiger partial charge < -0.3 is 14.8 Å². The molecule has 0 fully saturated rings. The van der Waals surface area contributed by atoms with Gasteiger partial charge in [-0.1, -0.05) is 6.07 Å². The summed E-state index contributed by atoms with van der Waals surface area (Å²) in [4.78, 5) is 11.2. The molecular weight excluding hydrogens is 254 g/mol. The van der Waals surface area contributed by atoms with Crippen molar-refractivity contribution in [3.8, 4) is 11.5 Å². The van der Waals surface area contributed by atoms with Gasteiger partial charge in [0.1, 0.15) is 5.88 Å². The monoisotopic (exact) mass is 269 g/mol. The van der Waals surface area contributed by atoms with Gasteiger partial charge in [0, 0.05) is 6.42 Å². The Morgan fingerprint density at radius 2 is 2.11 bits per heavy atom. The zero-order valence-electron chi connectivity index (χ0n) is 10.2. The van der Waals surface area contributed by atoms with E-state index in [-0.39, 0.29) is 17.8 Å². The van der Waals surface area contributed by atoms with E-state index < -0.39 is 0 Å². The summed E-state index contributed by atoms with van der Waals surface area (Å²) >= 11 is 5.46. The Labute approximate surface area is 111 Å². The van der Waals surface area contributed by atoms with Crippen LogP contribution in [-0.4, -0.2) is 25.0 Å². The van der Waals surface area contributed by atoms with Crippen molar-refractivity contribution in [3.05, 3.63) is 23.8 Å². The highest BCUT2D eigenvalue weighted by atomic mass is 35.5. The molecule has 0 saturated carbocycles. The number of alkyl halides is 1. The van der Waals surface area contributed by atoms with E-state index in [2.05, 4.69) is 5.32 Å². The quantitative estimate of drug-likeness (QED) is 0.857. The van der Waals surface area contributed by atoms with E-state index in [0.717, 1.165) is 23.5 Å². The Kier molecular flexibility index (Phi) is 4.31. The number of halogens is 1. The number of ether oxygens (including phenoxy) is 2. The number of fused-ring (bicyclic) bond motifs is 1. The van der Waals surface area contributed by atoms with Crippen LogP contribution < -0.4 is 14.8 Å². The van der Waals surface area contributed by atoms with E-state index in [1.54, 1.807) is 0 Å². The Hall–Kier alpha value is -1.42. The fraction of sp³-hybridized carbons (Fsp3) is 0.462. The highest BCUT2D eigenvalue weighted by Crippen LogP contribution is 2.32. The van der Waals surface area contributed by atoms with Crippen molar-refractivity contribution in [2.75, 3.05) is 19.1 Å². The molecule has 1 heterocycles. The fourth-order valence-electron chi connectivity index (χ4n) is 1.81. The summed E-state index contributed by atoms with van der Waals surface area (Å²) in [6, 6.07) is 5.60. The third-order valence-electron chi connectivity index (χ3n) is 2.77. The van der Waals surface area contributed by atoms with Crippen LogP contribution in [0.1, 0.15) is 24.9 Å². The van der Waals surface area contributed by atoms with Gasteiger partial charge in [-0.2, -0.15) is 0 Å². The molecule has 0 bridgehead atoms. The Balaban J connectivity index is 2.14. The lowest BCUT2D eigenvalue weighted by atomic mass is 10.1. The van der Waals surface area contributed by atoms with Gasteiger partial charge in [0.05, 0.1) is 19.3 Å². The fourth-order valence-corrected chi connectivity index (χ4v) is 1.89. The molecule has 0 spiro atoms. The lowest BCUT2D eigenvalue weighted by molar-refractivity contribution is -0.119. The molecular formula is C13H16ClNO3. The minimum Gasteiger partial charge on any atom is -0.490 e. The van der Waals surface area contributed by atoms with Gasteiger partial charge in [-0.3, -0.25) is 4.79 Å². The molecule has 5 heteroatoms. The second-order valence-electron chi connectivity index (χ2n) is 4.18. The van der Waals surface area contributed by atoms with Gasteiger partial charge in [0.15, 0.2) is 11.5 Å². The van der Waals surface area contributed by atoms with E-state index in [4.69, 9.17) is 21.1 Å². The number of rotatable bonds is 3. The highest BCUT2D eigenvalue weighted by molar-refractivity contribution is 6.27. The molecule has 0 aromatic heterocycles. The molecule has 4 nitrogen and oxygen atoms in total. The first-order valence-electron chi connectivity index (χ1n) is 5.95. The van der Waals surface area contributed by atoms with Crippen molar-refractivity contribution in [2.45, 2.75) is 19.4 Å². The Morgan fingerprint density at radius 1 is 1.39 bits per heavy atom. The molecule has 0 radical (unpaired) electrons. The number of carbonyl (C=O) groups excluding carboxylic acids is 1. The average molecular weight is 270 g/mol. The molecule has 0 saturated heterocycles. The van der Waals surface area contributed by atoms with Crippen molar-refractivity contribution >= 4 is 17.5 Å². The molecule has 1 amide bonds. The summed E-state index contributed by atoms with van der Waals surface area (Å²) in [5, 5.41) is 2.80. The summed E-state index contributed by atoms with van der Waals surface area (Å²) in [5.41, 5.74) is 0.970. The summed E-state index contributed by atoms with van der Waals surface area (Å²) in [5.74, 6) is 1.27. The van der Waals surface area contributed by atoms with Crippen LogP contribution in [0.25, 0.3) is 0 Å². The van der Waals surface area contributed by atoms with Crippen molar-refractivity contribution < 1.29 is 14.3 Å². The van der Waals surface area contributed by atoms with E-state index in [0.29, 0.717) is 13.2 Å². The molecule has 1 unspecified atom stereocenters. The topological polar surface area (TPSA) is 47.6 Å². The molecule has 2 rings (SSSR count). The molecule has 1 atom stereocenters. The summed E-state index contributed by atoms with van der Waals surface area (Å²) in [7, 11) is 0. The molecule has 1 N–H and O–H groups in total. The number of hydrogen-bond donors (Lipinski definition) is 1. The SMILES string of the molecule is CC(NC(=O)CCl)c1ccc2c(c1)OCCCO2. The van der Waals surface area contributed by atoms with Crippen molar-refractivity contribution in [1.82, 2.24) is 5.32 Å². The standard InChI is InChI=1S/C13H16ClNO3/c1-9(15-13(16)8-14)10-3-4-11-12(7-10)18-6-2-5-17-11/h3-4,7,9H,2,5-6,8H2,1H3,(H,15,16). The van der Waals surface area contributed by atoms with Crippen LogP contribution >= 0.6 is 11.6 Å². The number of hydrogen-bond acceptors (Lipinski definition) is 3. The number of carbonyl (C=O) groups is 1. The smallest absolute Gasteiger partial charge is 0.235 e. The van der Waals surface area contributed by atoms with Gasteiger partial charge in [-0.05, 0) is 24.6 Å². The Morgan fingerprint density at radius 3 is 2.83 bits per heavy atom. The third-order valence-corrected chi connectivity index (χ3v) is 3.01. The first kappa shape index (κ1) is 13.0. The highest BCUT2D eigenvalue weighted by Gasteiger charge is 2.14. The molecule has 1 aliphatic heterocycles. The van der Waals surface area contributed by atoms with Crippen LogP contribution in [-0.2, 0) is 4.79 Å². The van der Waals surface area contributed by atoms with Crippen LogP contribution in [0.3, 0.4) is 0 Å². The van der Waals surface area contributed by atoms with Crippen molar-refractivity contribution in [3.63, 3.8) is 0 Å². The van der Waals surface area contributed by atoms with Gasteiger partial charge in [-0.25, -0.2) is 0 Å². The average Bonchev–Trinajstić information content (AvgIpc) is 2.62. The van der Waals surface area contributed by atoms with Crippen LogP contribution in [0.15, 0.2) is 18.2 Å². The normalized spacial score (nSPS) is 15.7. The molecule has 1 aromatic carbocycles. The van der Waals surface area contributed by atoms with E-state index in [9.17, 15) is 4.79 Å². The predicted octanol–water partition coefficient (Wildman–Crippen LogP) is 2.26. The third kappa shape index (κ3) is 3.07. The largest absolute Gasteiger partial charge is 0.490 e. The molecule has 1 aliphatic rings. The second-order valence-corrected chi connectivity index (χ2v) is 4.45. The number of benzene rings is 1. The van der Waals surface area contributed by atoms with E-state index >= 15 is 0 Å². The van der Waals surface area contributed by atoms with Gasteiger partial charge >= 0.3 is 0 Å². The summed E-state index contributed by atoms with van der Waals surface area (Å²) in [6.07, 6.45) is 0.878. The number of amides is 1. The molecule has 1 aromatic rings. The first-order chi connectivity index (χ1) is 8.70. The lowest BCUT2D eigenvalue weighted by Crippen LogP contribution is -2.27. The second kappa shape index (κ2) is 5.96. The van der Waals surface area contributed by atoms with E-state index in [1.807, 2.05) is 25.1 Å². The summed E-state index contributed by atoms with van der Waals surface area (Å²) in [6.45, 7) is 3.23. The van der Waals surface area contributed by atoms with Gasteiger partial charge in [-0.15, -0.1) is 11.6 Å². The van der Waals surface area contributed by atoms with Crippen molar-refractivity contribution in [1.29, 1.82) is 0 Å². The van der Waals surface area contributed by atoms with Crippen LogP contribution in [0, 0.1) is 0 Å². The van der Waals surface area contributed by atoms with Crippen LogP contribution in [0.2, 0.25) is 0 Å². The molecule has 18 heavy (non-hydrogen) atoms. The molecule has 0 aliphatic carbocycles. The van der Waals surface area contributed by atoms with Gasteiger partial charge in [0.25, 0.3) is 0 Å². The summed E-state index contributed by atoms with van der Waals surface area (Å²) < 4.78 is 11.2. The zero-order chi connectivity index (χ0) is 13.0. The maximum atomic E-state index is 11.2. The minimum atomic E-state index is -0.184. The molecule has 98 valence electrons. The van der Waals surface area contributed by atoms with Crippen molar-refractivity contribution in [2.24, 2.45) is 0 Å². The zero-order valence-corrected chi connectivity index (χ0v) is 11.0. The van der Waals surface area contributed by atoms with Gasteiger partial charge in [0.2, 0.25) is 5.91 Å². The van der Waals surface area contributed by atoms with Crippen LogP contribution in [0.5, 0.6) is 11.5 Å². The lowest BCUT2D eigenvalue weighted by Gasteiger charge is -2.15. The predicted molar refractivity (Wildman–Crippen MR) is 69.3 cm³/mol. The number of nitrogens with one attached hydrogen (secondary N) is 1. The minimum absolute atomic E-state index is 0.0328. The van der Waals surface area contributed by atoms with Crippen LogP contribution in [0.4, 0.5) is 0 Å². The maximum Gasteiger partial charge on any atom is 0.235 e.